The lowest BCUT2D eigenvalue weighted by Gasteiger charge is -2.30. The molecule has 0 bridgehead atoms. The molecule has 0 aromatic heterocycles. The van der Waals surface area contributed by atoms with Crippen molar-refractivity contribution in [2.24, 2.45) is 0 Å². The number of thiocarbonyl (C=S) groups is 1. The van der Waals surface area contributed by atoms with E-state index in [2.05, 4.69) is 10.6 Å². The highest BCUT2D eigenvalue weighted by Crippen LogP contribution is 2.31. The largest absolute Gasteiger partial charge is 0.497 e. The highest BCUT2D eigenvalue weighted by atomic mass is 32.1. The summed E-state index contributed by atoms with van der Waals surface area (Å²) in [6, 6.07) is 5.40. The highest BCUT2D eigenvalue weighted by molar-refractivity contribution is 7.80. The van der Waals surface area contributed by atoms with Gasteiger partial charge in [0.1, 0.15) is 5.75 Å². The molecule has 1 atom stereocenters. The van der Waals surface area contributed by atoms with Gasteiger partial charge in [0, 0.05) is 5.70 Å². The maximum absolute atomic E-state index is 12.3. The van der Waals surface area contributed by atoms with E-state index in [-0.39, 0.29) is 12.0 Å². The first-order valence-corrected chi connectivity index (χ1v) is 7.48. The van der Waals surface area contributed by atoms with Crippen LogP contribution in [0.5, 0.6) is 5.75 Å². The fourth-order valence-electron chi connectivity index (χ4n) is 2.51. The summed E-state index contributed by atoms with van der Waals surface area (Å²) in [6.45, 7) is 5.91. The number of benzene rings is 1. The molecule has 118 valence electrons. The van der Waals surface area contributed by atoms with E-state index in [1.165, 1.54) is 0 Å². The van der Waals surface area contributed by atoms with Gasteiger partial charge in [-0.25, -0.2) is 4.79 Å². The summed E-state index contributed by atoms with van der Waals surface area (Å²) < 4.78 is 10.4. The van der Waals surface area contributed by atoms with Crippen LogP contribution >= 0.6 is 12.2 Å². The quantitative estimate of drug-likeness (QED) is 0.656. The third-order valence-electron chi connectivity index (χ3n) is 3.55. The number of carbonyl (C=O) groups excluding carboxylic acids is 1. The van der Waals surface area contributed by atoms with Gasteiger partial charge in [0.05, 0.1) is 25.3 Å². The Hall–Kier alpha value is -2.08. The van der Waals surface area contributed by atoms with Crippen LogP contribution in [0.15, 0.2) is 29.5 Å². The molecule has 1 heterocycles. The molecule has 1 aromatic carbocycles. The van der Waals surface area contributed by atoms with Gasteiger partial charge in [0.25, 0.3) is 0 Å². The number of ether oxygens (including phenoxy) is 2. The van der Waals surface area contributed by atoms with Crippen LogP contribution in [0.1, 0.15) is 31.0 Å². The van der Waals surface area contributed by atoms with E-state index in [1.54, 1.807) is 14.0 Å². The standard InChI is InChI=1S/C16H20N2O3S/c1-5-21-15(19)13-10(3)17-16(22)18-14(13)12-7-6-11(20-4)8-9(12)2/h6-8,14H,5H2,1-4H3,(H2,17,18,22)/t14-/m0/s1. The van der Waals surface area contributed by atoms with Crippen LogP contribution in [-0.2, 0) is 9.53 Å². The average molecular weight is 320 g/mol. The van der Waals surface area contributed by atoms with Gasteiger partial charge in [-0.3, -0.25) is 0 Å². The van der Waals surface area contributed by atoms with Crippen molar-refractivity contribution in [3.05, 3.63) is 40.6 Å². The average Bonchev–Trinajstić information content (AvgIpc) is 2.46. The summed E-state index contributed by atoms with van der Waals surface area (Å²) in [7, 11) is 1.63. The van der Waals surface area contributed by atoms with Crippen molar-refractivity contribution in [2.45, 2.75) is 26.8 Å². The number of esters is 1. The molecule has 0 fully saturated rings. The van der Waals surface area contributed by atoms with Crippen LogP contribution in [0.4, 0.5) is 0 Å². The summed E-state index contributed by atoms with van der Waals surface area (Å²) in [5.41, 5.74) is 3.23. The van der Waals surface area contributed by atoms with Crippen molar-refractivity contribution in [3.63, 3.8) is 0 Å². The number of hydrogen-bond acceptors (Lipinski definition) is 4. The van der Waals surface area contributed by atoms with Crippen LogP contribution in [-0.4, -0.2) is 24.8 Å². The zero-order chi connectivity index (χ0) is 16.3. The Morgan fingerprint density at radius 1 is 1.36 bits per heavy atom. The van der Waals surface area contributed by atoms with Gasteiger partial charge in [-0.1, -0.05) is 6.07 Å². The Morgan fingerprint density at radius 2 is 2.09 bits per heavy atom. The molecule has 2 rings (SSSR count). The number of hydrogen-bond donors (Lipinski definition) is 2. The van der Waals surface area contributed by atoms with Gasteiger partial charge in [-0.2, -0.15) is 0 Å². The monoisotopic (exact) mass is 320 g/mol. The molecular formula is C16H20N2O3S. The molecular weight excluding hydrogens is 300 g/mol. The van der Waals surface area contributed by atoms with Crippen molar-refractivity contribution in [1.29, 1.82) is 0 Å². The Bertz CT molecular complexity index is 640. The summed E-state index contributed by atoms with van der Waals surface area (Å²) in [6.07, 6.45) is 0. The van der Waals surface area contributed by atoms with E-state index < -0.39 is 0 Å². The van der Waals surface area contributed by atoms with E-state index in [9.17, 15) is 4.79 Å². The zero-order valence-electron chi connectivity index (χ0n) is 13.1. The van der Waals surface area contributed by atoms with Crippen molar-refractivity contribution < 1.29 is 14.3 Å². The number of aryl methyl sites for hydroxylation is 1. The molecule has 6 heteroatoms. The first-order chi connectivity index (χ1) is 10.5. The van der Waals surface area contributed by atoms with Gasteiger partial charge in [-0.15, -0.1) is 0 Å². The lowest BCUT2D eigenvalue weighted by atomic mass is 9.92. The minimum Gasteiger partial charge on any atom is -0.497 e. The second-order valence-electron chi connectivity index (χ2n) is 5.01. The Labute approximate surface area is 135 Å². The molecule has 5 nitrogen and oxygen atoms in total. The van der Waals surface area contributed by atoms with E-state index in [0.29, 0.717) is 23.0 Å². The maximum Gasteiger partial charge on any atom is 0.338 e. The minimum absolute atomic E-state index is 0.328. The number of rotatable bonds is 4. The third-order valence-corrected chi connectivity index (χ3v) is 3.77. The summed E-state index contributed by atoms with van der Waals surface area (Å²) in [4.78, 5) is 12.3. The molecule has 0 saturated carbocycles. The van der Waals surface area contributed by atoms with Crippen molar-refractivity contribution in [3.8, 4) is 5.75 Å². The molecule has 1 aliphatic heterocycles. The molecule has 0 aliphatic carbocycles. The zero-order valence-corrected chi connectivity index (χ0v) is 14.0. The predicted octanol–water partition coefficient (Wildman–Crippen LogP) is 2.36. The lowest BCUT2D eigenvalue weighted by Crippen LogP contribution is -2.45. The number of allylic oxidation sites excluding steroid dienone is 1. The molecule has 0 radical (unpaired) electrons. The summed E-state index contributed by atoms with van der Waals surface area (Å²) >= 11 is 5.22. The maximum atomic E-state index is 12.3. The van der Waals surface area contributed by atoms with Gasteiger partial charge in [0.15, 0.2) is 5.11 Å². The second-order valence-corrected chi connectivity index (χ2v) is 5.42. The van der Waals surface area contributed by atoms with Gasteiger partial charge >= 0.3 is 5.97 Å². The molecule has 0 unspecified atom stereocenters. The molecule has 2 N–H and O–H groups in total. The summed E-state index contributed by atoms with van der Waals surface area (Å²) in [5, 5.41) is 6.63. The number of nitrogens with one attached hydrogen (secondary N) is 2. The molecule has 0 saturated heterocycles. The van der Waals surface area contributed by atoms with E-state index >= 15 is 0 Å². The molecule has 22 heavy (non-hydrogen) atoms. The molecule has 0 spiro atoms. The van der Waals surface area contributed by atoms with Crippen molar-refractivity contribution >= 4 is 23.3 Å². The Morgan fingerprint density at radius 3 is 2.68 bits per heavy atom. The topological polar surface area (TPSA) is 59.6 Å². The first kappa shape index (κ1) is 16.3. The molecule has 1 aromatic rings. The Balaban J connectivity index is 2.48. The van der Waals surface area contributed by atoms with Crippen LogP contribution in [0.2, 0.25) is 0 Å². The van der Waals surface area contributed by atoms with Gasteiger partial charge in [0.2, 0.25) is 0 Å². The molecule has 1 aliphatic rings. The minimum atomic E-state index is -0.345. The van der Waals surface area contributed by atoms with E-state index in [4.69, 9.17) is 21.7 Å². The highest BCUT2D eigenvalue weighted by Gasteiger charge is 2.31. The van der Waals surface area contributed by atoms with Crippen molar-refractivity contribution in [2.75, 3.05) is 13.7 Å². The number of methoxy groups -OCH3 is 1. The fraction of sp³-hybridized carbons (Fsp3) is 0.375. The normalized spacial score (nSPS) is 17.6. The predicted molar refractivity (Wildman–Crippen MR) is 88.7 cm³/mol. The van der Waals surface area contributed by atoms with Crippen molar-refractivity contribution in [1.82, 2.24) is 10.6 Å². The van der Waals surface area contributed by atoms with Crippen LogP contribution < -0.4 is 15.4 Å². The first-order valence-electron chi connectivity index (χ1n) is 7.07. The lowest BCUT2D eigenvalue weighted by molar-refractivity contribution is -0.139. The molecule has 0 amide bonds. The van der Waals surface area contributed by atoms with Gasteiger partial charge < -0.3 is 20.1 Å². The Kier molecular flexibility index (Phi) is 5.03. The third kappa shape index (κ3) is 3.22. The van der Waals surface area contributed by atoms with Crippen LogP contribution in [0, 0.1) is 6.92 Å². The van der Waals surface area contributed by atoms with Gasteiger partial charge in [-0.05, 0) is 56.2 Å². The summed E-state index contributed by atoms with van der Waals surface area (Å²) in [5.74, 6) is 0.430. The second kappa shape index (κ2) is 6.79. The fourth-order valence-corrected chi connectivity index (χ4v) is 2.78. The van der Waals surface area contributed by atoms with E-state index in [1.807, 2.05) is 32.0 Å². The van der Waals surface area contributed by atoms with Crippen LogP contribution in [0.25, 0.3) is 0 Å². The van der Waals surface area contributed by atoms with E-state index in [0.717, 1.165) is 16.9 Å². The smallest absolute Gasteiger partial charge is 0.338 e. The SMILES string of the molecule is CCOC(=O)C1=C(C)NC(=S)N[C@H]1c1ccc(OC)cc1C. The van der Waals surface area contributed by atoms with Crippen LogP contribution in [0.3, 0.4) is 0 Å². The number of carbonyl (C=O) groups is 1.